The summed E-state index contributed by atoms with van der Waals surface area (Å²) < 4.78 is 28.3. The van der Waals surface area contributed by atoms with Crippen molar-refractivity contribution < 1.29 is 28.8 Å². The quantitative estimate of drug-likeness (QED) is 0.484. The SMILES string of the molecule is CCCOc1c(OC)cc(C2C(O)CCC2c2cc(OC)c(OC)c(OC)c2)cc1SC. The van der Waals surface area contributed by atoms with E-state index in [4.69, 9.17) is 23.7 Å². The van der Waals surface area contributed by atoms with Crippen LogP contribution in [0.2, 0.25) is 0 Å². The van der Waals surface area contributed by atoms with Crippen LogP contribution in [0.3, 0.4) is 0 Å². The van der Waals surface area contributed by atoms with Crippen molar-refractivity contribution in [1.82, 2.24) is 0 Å². The number of methoxy groups -OCH3 is 4. The lowest BCUT2D eigenvalue weighted by Gasteiger charge is -2.26. The van der Waals surface area contributed by atoms with Crippen molar-refractivity contribution in [3.8, 4) is 28.7 Å². The molecule has 32 heavy (non-hydrogen) atoms. The van der Waals surface area contributed by atoms with E-state index in [9.17, 15) is 5.11 Å². The second kappa shape index (κ2) is 11.1. The van der Waals surface area contributed by atoms with Gasteiger partial charge in [-0.1, -0.05) is 6.92 Å². The van der Waals surface area contributed by atoms with Crippen LogP contribution in [0.4, 0.5) is 0 Å². The Bertz CT molecular complexity index is 865. The molecule has 6 nitrogen and oxygen atoms in total. The molecule has 0 spiro atoms. The van der Waals surface area contributed by atoms with E-state index >= 15 is 0 Å². The Balaban J connectivity index is 2.07. The molecule has 1 fully saturated rings. The van der Waals surface area contributed by atoms with E-state index in [0.717, 1.165) is 41.0 Å². The molecule has 0 aromatic heterocycles. The van der Waals surface area contributed by atoms with Crippen LogP contribution < -0.4 is 23.7 Å². The third kappa shape index (κ3) is 4.74. The topological polar surface area (TPSA) is 66.4 Å². The third-order valence-electron chi connectivity index (χ3n) is 6.06. The van der Waals surface area contributed by atoms with Gasteiger partial charge in [-0.05, 0) is 66.8 Å². The molecule has 2 aromatic rings. The van der Waals surface area contributed by atoms with Gasteiger partial charge in [-0.25, -0.2) is 0 Å². The van der Waals surface area contributed by atoms with Crippen LogP contribution in [0.25, 0.3) is 0 Å². The summed E-state index contributed by atoms with van der Waals surface area (Å²) in [5.74, 6) is 3.28. The van der Waals surface area contributed by atoms with Gasteiger partial charge in [0.15, 0.2) is 23.0 Å². The molecule has 1 saturated carbocycles. The number of ether oxygens (including phenoxy) is 5. The number of thioether (sulfide) groups is 1. The summed E-state index contributed by atoms with van der Waals surface area (Å²) in [4.78, 5) is 1.01. The van der Waals surface area contributed by atoms with Gasteiger partial charge in [-0.15, -0.1) is 11.8 Å². The van der Waals surface area contributed by atoms with Gasteiger partial charge in [0, 0.05) is 5.92 Å². The maximum absolute atomic E-state index is 11.0. The Morgan fingerprint density at radius 1 is 0.844 bits per heavy atom. The first-order valence-corrected chi connectivity index (χ1v) is 12.1. The van der Waals surface area contributed by atoms with Gasteiger partial charge in [0.1, 0.15) is 0 Å². The van der Waals surface area contributed by atoms with Gasteiger partial charge in [0.05, 0.1) is 46.0 Å². The molecule has 2 aromatic carbocycles. The fourth-order valence-electron chi connectivity index (χ4n) is 4.56. The zero-order chi connectivity index (χ0) is 23.3. The maximum atomic E-state index is 11.0. The van der Waals surface area contributed by atoms with Crippen molar-refractivity contribution in [1.29, 1.82) is 0 Å². The van der Waals surface area contributed by atoms with E-state index in [1.165, 1.54) is 0 Å². The van der Waals surface area contributed by atoms with E-state index in [1.807, 2.05) is 24.5 Å². The molecule has 3 atom stereocenters. The van der Waals surface area contributed by atoms with Crippen molar-refractivity contribution >= 4 is 11.8 Å². The van der Waals surface area contributed by atoms with Crippen molar-refractivity contribution in [3.05, 3.63) is 35.4 Å². The normalized spacial score (nSPS) is 20.2. The monoisotopic (exact) mass is 462 g/mol. The van der Waals surface area contributed by atoms with E-state index in [2.05, 4.69) is 13.0 Å². The highest BCUT2D eigenvalue weighted by atomic mass is 32.2. The smallest absolute Gasteiger partial charge is 0.203 e. The second-order valence-electron chi connectivity index (χ2n) is 7.84. The largest absolute Gasteiger partial charge is 0.493 e. The highest BCUT2D eigenvalue weighted by Gasteiger charge is 2.38. The van der Waals surface area contributed by atoms with Crippen LogP contribution in [-0.2, 0) is 0 Å². The highest BCUT2D eigenvalue weighted by molar-refractivity contribution is 7.98. The van der Waals surface area contributed by atoms with Crippen molar-refractivity contribution in [2.45, 2.75) is 49.0 Å². The average molecular weight is 463 g/mol. The summed E-state index contributed by atoms with van der Waals surface area (Å²) in [6.07, 6.45) is 4.07. The summed E-state index contributed by atoms with van der Waals surface area (Å²) in [5.41, 5.74) is 2.09. The molecule has 0 radical (unpaired) electrons. The number of aliphatic hydroxyl groups excluding tert-OH is 1. The summed E-state index contributed by atoms with van der Waals surface area (Å²) in [6, 6.07) is 8.11. The molecule has 7 heteroatoms. The van der Waals surface area contributed by atoms with Gasteiger partial charge in [0.2, 0.25) is 5.75 Å². The second-order valence-corrected chi connectivity index (χ2v) is 8.69. The molecule has 1 aliphatic rings. The summed E-state index contributed by atoms with van der Waals surface area (Å²) in [6.45, 7) is 2.71. The molecule has 0 aliphatic heterocycles. The summed E-state index contributed by atoms with van der Waals surface area (Å²) in [7, 11) is 6.49. The highest BCUT2D eigenvalue weighted by Crippen LogP contribution is 2.51. The van der Waals surface area contributed by atoms with E-state index in [1.54, 1.807) is 40.2 Å². The first-order valence-electron chi connectivity index (χ1n) is 10.9. The number of hydrogen-bond donors (Lipinski definition) is 1. The van der Waals surface area contributed by atoms with E-state index in [-0.39, 0.29) is 11.8 Å². The molecular formula is C25H34O6S. The molecule has 176 valence electrons. The van der Waals surface area contributed by atoms with E-state index in [0.29, 0.717) is 29.6 Å². The molecule has 1 aliphatic carbocycles. The molecule has 0 heterocycles. The number of hydrogen-bond acceptors (Lipinski definition) is 7. The number of benzene rings is 2. The maximum Gasteiger partial charge on any atom is 0.203 e. The molecular weight excluding hydrogens is 428 g/mol. The predicted octanol–water partition coefficient (Wildman–Crippen LogP) is 5.25. The van der Waals surface area contributed by atoms with Gasteiger partial charge < -0.3 is 28.8 Å². The van der Waals surface area contributed by atoms with Crippen LogP contribution in [-0.4, -0.2) is 52.5 Å². The lowest BCUT2D eigenvalue weighted by molar-refractivity contribution is 0.160. The minimum Gasteiger partial charge on any atom is -0.493 e. The van der Waals surface area contributed by atoms with Crippen molar-refractivity contribution in [2.75, 3.05) is 41.3 Å². The fraction of sp³-hybridized carbons (Fsp3) is 0.520. The zero-order valence-corrected chi connectivity index (χ0v) is 20.6. The third-order valence-corrected chi connectivity index (χ3v) is 6.80. The standard InChI is InChI=1S/C25H34O6S/c1-7-10-31-25-21(29-4)13-16(14-22(25)32-6)23-17(8-9-18(23)26)15-11-19(27-2)24(30-5)20(12-15)28-3/h11-14,17-18,23,26H,7-10H2,1-6H3. The van der Waals surface area contributed by atoms with Crippen molar-refractivity contribution in [3.63, 3.8) is 0 Å². The Morgan fingerprint density at radius 3 is 1.97 bits per heavy atom. The molecule has 0 amide bonds. The van der Waals surface area contributed by atoms with E-state index < -0.39 is 6.10 Å². The van der Waals surface area contributed by atoms with Crippen LogP contribution in [0.15, 0.2) is 29.2 Å². The fourth-order valence-corrected chi connectivity index (χ4v) is 5.16. The van der Waals surface area contributed by atoms with Crippen LogP contribution in [0.5, 0.6) is 28.7 Å². The summed E-state index contributed by atoms with van der Waals surface area (Å²) >= 11 is 1.62. The van der Waals surface area contributed by atoms with Gasteiger partial charge in [-0.2, -0.15) is 0 Å². The Labute approximate surface area is 195 Å². The average Bonchev–Trinajstić information content (AvgIpc) is 3.22. The predicted molar refractivity (Wildman–Crippen MR) is 127 cm³/mol. The van der Waals surface area contributed by atoms with Gasteiger partial charge in [0.25, 0.3) is 0 Å². The van der Waals surface area contributed by atoms with Crippen LogP contribution in [0.1, 0.15) is 49.1 Å². The van der Waals surface area contributed by atoms with Crippen molar-refractivity contribution in [2.24, 2.45) is 0 Å². The molecule has 3 rings (SSSR count). The minimum atomic E-state index is -0.457. The van der Waals surface area contributed by atoms with Crippen LogP contribution in [0, 0.1) is 0 Å². The van der Waals surface area contributed by atoms with Gasteiger partial charge in [-0.3, -0.25) is 0 Å². The lowest BCUT2D eigenvalue weighted by atomic mass is 9.82. The van der Waals surface area contributed by atoms with Crippen LogP contribution >= 0.6 is 11.8 Å². The molecule has 3 unspecified atom stereocenters. The number of aliphatic hydroxyl groups is 1. The summed E-state index contributed by atoms with van der Waals surface area (Å²) in [5, 5.41) is 11.0. The lowest BCUT2D eigenvalue weighted by Crippen LogP contribution is -2.17. The first-order chi connectivity index (χ1) is 15.5. The molecule has 0 bridgehead atoms. The number of rotatable bonds is 10. The Hall–Kier alpha value is -2.25. The Morgan fingerprint density at radius 2 is 1.44 bits per heavy atom. The minimum absolute atomic E-state index is 0.0853. The van der Waals surface area contributed by atoms with Gasteiger partial charge >= 0.3 is 0 Å². The zero-order valence-electron chi connectivity index (χ0n) is 19.8. The Kier molecular flexibility index (Phi) is 8.43. The first kappa shape index (κ1) is 24.4. The molecule has 0 saturated heterocycles. The molecule has 1 N–H and O–H groups in total.